The summed E-state index contributed by atoms with van der Waals surface area (Å²) in [7, 11) is 0. The standard InChI is InChI=1S/C48H29BN2O2/c1-6-19-41-34(14-1)35-15-2-7-20-42(35)50(41)32-13-11-12-30(26-32)31-27-39-38-18-5-10-23-45(38)53-49-40-29-33(24-25-46(40)52-47(28-31)48(39)49)51-43-21-8-3-16-36(43)37-17-4-9-22-44(37)51/h1-29H. The largest absolute Gasteiger partial charge is 0.551 e. The number of aromatic nitrogens is 2. The van der Waals surface area contributed by atoms with Gasteiger partial charge in [0.15, 0.2) is 0 Å². The fourth-order valence-electron chi connectivity index (χ4n) is 8.89. The van der Waals surface area contributed by atoms with E-state index in [1.54, 1.807) is 0 Å². The highest BCUT2D eigenvalue weighted by atomic mass is 16.5. The van der Waals surface area contributed by atoms with Gasteiger partial charge in [0.05, 0.1) is 22.1 Å². The maximum Gasteiger partial charge on any atom is 0.434 e. The topological polar surface area (TPSA) is 28.3 Å². The first kappa shape index (κ1) is 28.7. The summed E-state index contributed by atoms with van der Waals surface area (Å²) in [5.74, 6) is 2.52. The van der Waals surface area contributed by atoms with Crippen molar-refractivity contribution in [2.24, 2.45) is 0 Å². The molecule has 0 bridgehead atoms. The Hall–Kier alpha value is -6.98. The zero-order valence-electron chi connectivity index (χ0n) is 28.5. The van der Waals surface area contributed by atoms with E-state index < -0.39 is 0 Å². The first-order chi connectivity index (χ1) is 26.3. The highest BCUT2D eigenvalue weighted by molar-refractivity contribution is 6.84. The van der Waals surface area contributed by atoms with Crippen molar-refractivity contribution in [1.29, 1.82) is 0 Å². The van der Waals surface area contributed by atoms with Crippen molar-refractivity contribution >= 4 is 61.5 Å². The van der Waals surface area contributed by atoms with Crippen LogP contribution in [0.2, 0.25) is 0 Å². The molecule has 0 atom stereocenters. The Labute approximate surface area is 305 Å². The van der Waals surface area contributed by atoms with Gasteiger partial charge in [-0.05, 0) is 89.5 Å². The van der Waals surface area contributed by atoms with Gasteiger partial charge in [0.1, 0.15) is 17.2 Å². The van der Waals surface area contributed by atoms with Crippen LogP contribution in [-0.2, 0) is 0 Å². The van der Waals surface area contributed by atoms with Crippen molar-refractivity contribution in [1.82, 2.24) is 9.13 Å². The number of rotatable bonds is 3. The number of ether oxygens (including phenoxy) is 1. The molecule has 2 aromatic heterocycles. The third-order valence-corrected chi connectivity index (χ3v) is 11.2. The Morgan fingerprint density at radius 2 is 0.943 bits per heavy atom. The van der Waals surface area contributed by atoms with Gasteiger partial charge in [-0.15, -0.1) is 0 Å². The van der Waals surface area contributed by atoms with E-state index in [9.17, 15) is 0 Å². The average Bonchev–Trinajstić information content (AvgIpc) is 3.74. The van der Waals surface area contributed by atoms with Crippen molar-refractivity contribution in [2.75, 3.05) is 0 Å². The minimum atomic E-state index is -0.315. The monoisotopic (exact) mass is 676 g/mol. The number of hydrogen-bond donors (Lipinski definition) is 0. The Balaban J connectivity index is 1.03. The van der Waals surface area contributed by atoms with Crippen LogP contribution >= 0.6 is 0 Å². The van der Waals surface area contributed by atoms with Gasteiger partial charge >= 0.3 is 6.92 Å². The lowest BCUT2D eigenvalue weighted by Gasteiger charge is -2.33. The SMILES string of the molecule is c1cc(-c2cc3c4c(c2)-c2ccccc2OB4c2cc(-n4c5ccccc5c5ccccc54)ccc2O3)cc(-n2c3ccccc3c3ccccc32)c1. The van der Waals surface area contributed by atoms with Crippen LogP contribution in [0.15, 0.2) is 176 Å². The van der Waals surface area contributed by atoms with E-state index in [-0.39, 0.29) is 6.92 Å². The minimum Gasteiger partial charge on any atom is -0.551 e. The molecule has 2 aliphatic heterocycles. The number of nitrogens with zero attached hydrogens (tertiary/aromatic N) is 2. The van der Waals surface area contributed by atoms with Crippen LogP contribution in [0.1, 0.15) is 0 Å². The Morgan fingerprint density at radius 1 is 0.377 bits per heavy atom. The van der Waals surface area contributed by atoms with Gasteiger partial charge in [-0.2, -0.15) is 0 Å². The molecule has 0 radical (unpaired) electrons. The molecule has 0 fully saturated rings. The maximum absolute atomic E-state index is 6.92. The predicted molar refractivity (Wildman–Crippen MR) is 218 cm³/mol. The second-order valence-electron chi connectivity index (χ2n) is 14.0. The molecule has 5 heteroatoms. The summed E-state index contributed by atoms with van der Waals surface area (Å²) in [5.41, 5.74) is 13.5. The summed E-state index contributed by atoms with van der Waals surface area (Å²) in [6.45, 7) is -0.315. The molecular formula is C48H29BN2O2. The van der Waals surface area contributed by atoms with Crippen LogP contribution in [0, 0.1) is 0 Å². The average molecular weight is 677 g/mol. The maximum atomic E-state index is 6.92. The molecule has 0 spiro atoms. The van der Waals surface area contributed by atoms with Crippen molar-refractivity contribution in [2.45, 2.75) is 0 Å². The minimum absolute atomic E-state index is 0.315. The van der Waals surface area contributed by atoms with E-state index in [0.29, 0.717) is 0 Å². The van der Waals surface area contributed by atoms with Gasteiger partial charge in [0.2, 0.25) is 0 Å². The molecular weight excluding hydrogens is 647 g/mol. The molecule has 8 aromatic carbocycles. The van der Waals surface area contributed by atoms with Crippen LogP contribution in [0.5, 0.6) is 17.2 Å². The summed E-state index contributed by atoms with van der Waals surface area (Å²) < 4.78 is 18.5. The normalized spacial score (nSPS) is 12.8. The van der Waals surface area contributed by atoms with Gasteiger partial charge in [0, 0.05) is 49.4 Å². The Bertz CT molecular complexity index is 3050. The predicted octanol–water partition coefficient (Wildman–Crippen LogP) is 10.8. The molecule has 0 unspecified atom stereocenters. The number of fused-ring (bicyclic) bond motifs is 10. The first-order valence-electron chi connectivity index (χ1n) is 18.1. The number of benzene rings is 8. The van der Waals surface area contributed by atoms with Crippen LogP contribution in [0.4, 0.5) is 0 Å². The molecule has 2 aliphatic rings. The molecule has 4 nitrogen and oxygen atoms in total. The Morgan fingerprint density at radius 3 is 1.58 bits per heavy atom. The van der Waals surface area contributed by atoms with Crippen LogP contribution in [-0.4, -0.2) is 16.0 Å². The molecule has 10 aromatic rings. The van der Waals surface area contributed by atoms with E-state index in [1.807, 2.05) is 0 Å². The molecule has 0 N–H and O–H groups in total. The summed E-state index contributed by atoms with van der Waals surface area (Å²) >= 11 is 0. The summed E-state index contributed by atoms with van der Waals surface area (Å²) in [4.78, 5) is 0. The van der Waals surface area contributed by atoms with Crippen LogP contribution in [0.3, 0.4) is 0 Å². The van der Waals surface area contributed by atoms with Gasteiger partial charge < -0.3 is 18.5 Å². The highest BCUT2D eigenvalue weighted by Crippen LogP contribution is 2.43. The molecule has 0 saturated heterocycles. The molecule has 53 heavy (non-hydrogen) atoms. The van der Waals surface area contributed by atoms with Gasteiger partial charge in [0.25, 0.3) is 0 Å². The van der Waals surface area contributed by atoms with Gasteiger partial charge in [-0.25, -0.2) is 0 Å². The van der Waals surface area contributed by atoms with E-state index >= 15 is 0 Å². The molecule has 0 saturated carbocycles. The second-order valence-corrected chi connectivity index (χ2v) is 14.0. The molecule has 12 rings (SSSR count). The van der Waals surface area contributed by atoms with Crippen molar-refractivity contribution in [3.05, 3.63) is 176 Å². The van der Waals surface area contributed by atoms with E-state index in [2.05, 4.69) is 185 Å². The van der Waals surface area contributed by atoms with Gasteiger partial charge in [-0.3, -0.25) is 0 Å². The van der Waals surface area contributed by atoms with Crippen LogP contribution < -0.4 is 20.3 Å². The molecule has 0 amide bonds. The lowest BCUT2D eigenvalue weighted by molar-refractivity contribution is 0.479. The smallest absolute Gasteiger partial charge is 0.434 e. The molecule has 4 heterocycles. The summed E-state index contributed by atoms with van der Waals surface area (Å²) in [5, 5.41) is 4.98. The summed E-state index contributed by atoms with van der Waals surface area (Å²) in [6, 6.07) is 62.8. The lowest BCUT2D eigenvalue weighted by Crippen LogP contribution is -2.53. The zero-order valence-corrected chi connectivity index (χ0v) is 28.5. The third-order valence-electron chi connectivity index (χ3n) is 11.2. The summed E-state index contributed by atoms with van der Waals surface area (Å²) in [6.07, 6.45) is 0. The number of para-hydroxylation sites is 5. The quantitative estimate of drug-likeness (QED) is 0.174. The van der Waals surface area contributed by atoms with Crippen molar-refractivity contribution in [3.8, 4) is 50.9 Å². The van der Waals surface area contributed by atoms with Crippen molar-refractivity contribution < 1.29 is 9.39 Å². The fourth-order valence-corrected chi connectivity index (χ4v) is 8.89. The fraction of sp³-hybridized carbons (Fsp3) is 0. The molecule has 0 aliphatic carbocycles. The number of hydrogen-bond acceptors (Lipinski definition) is 2. The lowest BCUT2D eigenvalue weighted by atomic mass is 9.50. The third kappa shape index (κ3) is 4.07. The van der Waals surface area contributed by atoms with E-state index in [0.717, 1.165) is 61.8 Å². The molecule has 246 valence electrons. The second kappa shape index (κ2) is 10.8. The van der Waals surface area contributed by atoms with E-state index in [4.69, 9.17) is 9.39 Å². The highest BCUT2D eigenvalue weighted by Gasteiger charge is 2.41. The zero-order chi connectivity index (χ0) is 34.6. The van der Waals surface area contributed by atoms with Gasteiger partial charge in [-0.1, -0.05) is 103 Å². The Kier molecular flexibility index (Phi) is 5.83. The van der Waals surface area contributed by atoms with Crippen LogP contribution in [0.25, 0.3) is 77.2 Å². The first-order valence-corrected chi connectivity index (χ1v) is 18.1. The van der Waals surface area contributed by atoms with Crippen molar-refractivity contribution in [3.63, 3.8) is 0 Å². The van der Waals surface area contributed by atoms with E-state index in [1.165, 1.54) is 43.6 Å².